The van der Waals surface area contributed by atoms with Gasteiger partial charge < -0.3 is 16.0 Å². The normalized spacial score (nSPS) is 14.0. The van der Waals surface area contributed by atoms with Gasteiger partial charge in [0.25, 0.3) is 5.91 Å². The fourth-order valence-electron chi connectivity index (χ4n) is 4.09. The van der Waals surface area contributed by atoms with Gasteiger partial charge in [-0.15, -0.1) is 0 Å². The number of primary amides is 1. The van der Waals surface area contributed by atoms with Crippen LogP contribution >= 0.6 is 0 Å². The Morgan fingerprint density at radius 1 is 1.06 bits per heavy atom. The highest BCUT2D eigenvalue weighted by Gasteiger charge is 2.17. The number of nitrogens with one attached hydrogen (secondary N) is 1. The molecular formula is C26H28N6O. The molecule has 1 saturated heterocycles. The number of hydrogen-bond donors (Lipinski definition) is 2. The maximum Gasteiger partial charge on any atom is 0.250 e. The Morgan fingerprint density at radius 3 is 2.45 bits per heavy atom. The van der Waals surface area contributed by atoms with Crippen molar-refractivity contribution >= 4 is 23.1 Å². The van der Waals surface area contributed by atoms with Gasteiger partial charge >= 0.3 is 0 Å². The topological polar surface area (TPSA) is 98.3 Å². The van der Waals surface area contributed by atoms with Crippen LogP contribution in [0.5, 0.6) is 0 Å². The van der Waals surface area contributed by atoms with Gasteiger partial charge in [0.15, 0.2) is 0 Å². The number of nitrogens with two attached hydrogens (primary N) is 1. The molecule has 2 aromatic carbocycles. The monoisotopic (exact) mass is 440 g/mol. The molecule has 7 nitrogen and oxygen atoms in total. The highest BCUT2D eigenvalue weighted by Crippen LogP contribution is 2.23. The Kier molecular flexibility index (Phi) is 7.18. The molecule has 33 heavy (non-hydrogen) atoms. The van der Waals surface area contributed by atoms with E-state index in [4.69, 9.17) is 11.0 Å². The number of nitrogens with zero attached hydrogens (tertiary/aromatic N) is 4. The molecule has 4 rings (SSSR count). The number of hydrogen-bond acceptors (Lipinski definition) is 6. The van der Waals surface area contributed by atoms with Crippen molar-refractivity contribution in [3.63, 3.8) is 0 Å². The van der Waals surface area contributed by atoms with E-state index < -0.39 is 5.91 Å². The highest BCUT2D eigenvalue weighted by molar-refractivity contribution is 5.94. The third-order valence-corrected chi connectivity index (χ3v) is 5.91. The molecule has 1 aliphatic rings. The number of aromatic nitrogens is 1. The lowest BCUT2D eigenvalue weighted by Gasteiger charge is -2.35. The standard InChI is InChI=1S/C26H28N6O/c27-11-4-12-31-13-15-32(16-14-31)23-9-7-22(8-10-23)30-25-18-21(24(19-29-25)26(28)33)17-20-5-2-1-3-6-20/h1-3,5-10,18-19H,4,12-17H2,(H2,28,33)(H,29,30). The second-order valence-corrected chi connectivity index (χ2v) is 8.16. The molecule has 1 aliphatic heterocycles. The van der Waals surface area contributed by atoms with Gasteiger partial charge in [0.05, 0.1) is 11.6 Å². The Morgan fingerprint density at radius 2 is 1.79 bits per heavy atom. The van der Waals surface area contributed by atoms with Crippen LogP contribution in [0, 0.1) is 11.3 Å². The lowest BCUT2D eigenvalue weighted by Crippen LogP contribution is -2.46. The first-order valence-corrected chi connectivity index (χ1v) is 11.2. The number of carbonyl (C=O) groups excluding carboxylic acids is 1. The molecule has 0 atom stereocenters. The smallest absolute Gasteiger partial charge is 0.250 e. The number of anilines is 3. The molecule has 1 aromatic heterocycles. The molecule has 7 heteroatoms. The molecule has 168 valence electrons. The van der Waals surface area contributed by atoms with Crippen LogP contribution in [0.3, 0.4) is 0 Å². The lowest BCUT2D eigenvalue weighted by molar-refractivity contribution is 0.0999. The van der Waals surface area contributed by atoms with Gasteiger partial charge in [0, 0.05) is 56.7 Å². The fraction of sp³-hybridized carbons (Fsp3) is 0.269. The van der Waals surface area contributed by atoms with E-state index >= 15 is 0 Å². The van der Waals surface area contributed by atoms with Crippen LogP contribution in [-0.4, -0.2) is 48.5 Å². The van der Waals surface area contributed by atoms with Gasteiger partial charge in [-0.1, -0.05) is 30.3 Å². The summed E-state index contributed by atoms with van der Waals surface area (Å²) in [6.07, 6.45) is 2.74. The van der Waals surface area contributed by atoms with Gasteiger partial charge in [-0.2, -0.15) is 5.26 Å². The van der Waals surface area contributed by atoms with Gasteiger partial charge in [0.1, 0.15) is 5.82 Å². The van der Waals surface area contributed by atoms with E-state index in [9.17, 15) is 4.79 Å². The summed E-state index contributed by atoms with van der Waals surface area (Å²) in [7, 11) is 0. The average molecular weight is 441 g/mol. The second kappa shape index (κ2) is 10.6. The third kappa shape index (κ3) is 5.88. The first kappa shape index (κ1) is 22.3. The minimum absolute atomic E-state index is 0.439. The van der Waals surface area contributed by atoms with Crippen LogP contribution in [0.25, 0.3) is 0 Å². The average Bonchev–Trinajstić information content (AvgIpc) is 2.84. The maximum atomic E-state index is 11.9. The van der Waals surface area contributed by atoms with E-state index in [2.05, 4.69) is 38.3 Å². The predicted molar refractivity (Wildman–Crippen MR) is 131 cm³/mol. The first-order valence-electron chi connectivity index (χ1n) is 11.2. The van der Waals surface area contributed by atoms with E-state index in [-0.39, 0.29) is 0 Å². The summed E-state index contributed by atoms with van der Waals surface area (Å²) in [5.74, 6) is 0.196. The molecule has 0 aliphatic carbocycles. The van der Waals surface area contributed by atoms with Crippen molar-refractivity contribution in [2.24, 2.45) is 5.73 Å². The Labute approximate surface area is 194 Å². The largest absolute Gasteiger partial charge is 0.369 e. The lowest BCUT2D eigenvalue weighted by atomic mass is 10.0. The molecule has 0 bridgehead atoms. The summed E-state index contributed by atoms with van der Waals surface area (Å²) in [6, 6.07) is 22.4. The fourth-order valence-corrected chi connectivity index (χ4v) is 4.09. The molecule has 0 spiro atoms. The zero-order valence-electron chi connectivity index (χ0n) is 18.6. The van der Waals surface area contributed by atoms with E-state index in [1.165, 1.54) is 5.69 Å². The minimum Gasteiger partial charge on any atom is -0.369 e. The minimum atomic E-state index is -0.475. The molecule has 3 aromatic rings. The highest BCUT2D eigenvalue weighted by atomic mass is 16.1. The van der Waals surface area contributed by atoms with E-state index in [1.807, 2.05) is 48.5 Å². The zero-order valence-corrected chi connectivity index (χ0v) is 18.6. The van der Waals surface area contributed by atoms with Crippen LogP contribution in [0.4, 0.5) is 17.2 Å². The van der Waals surface area contributed by atoms with Gasteiger partial charge in [-0.25, -0.2) is 4.98 Å². The second-order valence-electron chi connectivity index (χ2n) is 8.16. The summed E-state index contributed by atoms with van der Waals surface area (Å²) in [4.78, 5) is 21.0. The number of carbonyl (C=O) groups is 1. The Hall–Kier alpha value is -3.89. The van der Waals surface area contributed by atoms with Crippen molar-refractivity contribution in [3.8, 4) is 6.07 Å². The number of rotatable bonds is 8. The maximum absolute atomic E-state index is 11.9. The van der Waals surface area contributed by atoms with E-state index in [0.29, 0.717) is 24.2 Å². The van der Waals surface area contributed by atoms with Gasteiger partial charge in [-0.3, -0.25) is 9.69 Å². The summed E-state index contributed by atoms with van der Waals surface area (Å²) >= 11 is 0. The summed E-state index contributed by atoms with van der Waals surface area (Å²) in [5.41, 5.74) is 10.1. The number of amides is 1. The van der Waals surface area contributed by atoms with Crippen molar-refractivity contribution in [2.45, 2.75) is 12.8 Å². The number of piperazine rings is 1. The predicted octanol–water partition coefficient (Wildman–Crippen LogP) is 3.55. The van der Waals surface area contributed by atoms with Gasteiger partial charge in [-0.05, 0) is 47.9 Å². The molecule has 3 N–H and O–H groups in total. The number of benzene rings is 2. The van der Waals surface area contributed by atoms with Crippen molar-refractivity contribution in [3.05, 3.63) is 83.6 Å². The summed E-state index contributed by atoms with van der Waals surface area (Å²) in [6.45, 7) is 4.71. The summed E-state index contributed by atoms with van der Waals surface area (Å²) < 4.78 is 0. The van der Waals surface area contributed by atoms with E-state index in [0.717, 1.165) is 49.5 Å². The third-order valence-electron chi connectivity index (χ3n) is 5.91. The van der Waals surface area contributed by atoms with E-state index in [1.54, 1.807) is 6.20 Å². The zero-order chi connectivity index (χ0) is 23.0. The molecule has 0 radical (unpaired) electrons. The number of nitriles is 1. The van der Waals surface area contributed by atoms with Crippen molar-refractivity contribution in [1.82, 2.24) is 9.88 Å². The quantitative estimate of drug-likeness (QED) is 0.556. The van der Waals surface area contributed by atoms with Crippen LogP contribution in [0.1, 0.15) is 27.9 Å². The molecule has 0 unspecified atom stereocenters. The number of pyridine rings is 1. The molecule has 0 saturated carbocycles. The van der Waals surface area contributed by atoms with Gasteiger partial charge in [0.2, 0.25) is 0 Å². The van der Waals surface area contributed by atoms with Crippen molar-refractivity contribution in [2.75, 3.05) is 42.9 Å². The summed E-state index contributed by atoms with van der Waals surface area (Å²) in [5, 5.41) is 12.1. The Balaban J connectivity index is 1.42. The van der Waals surface area contributed by atoms with Crippen LogP contribution in [-0.2, 0) is 6.42 Å². The van der Waals surface area contributed by atoms with Crippen molar-refractivity contribution in [1.29, 1.82) is 5.26 Å². The SMILES string of the molecule is N#CCCN1CCN(c2ccc(Nc3cc(Cc4ccccc4)c(C(N)=O)cn3)cc2)CC1. The first-order chi connectivity index (χ1) is 16.1. The molecule has 2 heterocycles. The van der Waals surface area contributed by atoms with Crippen LogP contribution < -0.4 is 16.0 Å². The van der Waals surface area contributed by atoms with Crippen molar-refractivity contribution < 1.29 is 4.79 Å². The molecule has 1 fully saturated rings. The Bertz CT molecular complexity index is 1120. The molecule has 1 amide bonds. The van der Waals surface area contributed by atoms with Crippen LogP contribution in [0.15, 0.2) is 66.9 Å². The van der Waals surface area contributed by atoms with Crippen LogP contribution in [0.2, 0.25) is 0 Å². The molecular weight excluding hydrogens is 412 g/mol.